The fourth-order valence-corrected chi connectivity index (χ4v) is 1.14. The maximum absolute atomic E-state index is 8.72. The average molecular weight is 158 g/mol. The Labute approximate surface area is 68.9 Å². The molecule has 0 spiro atoms. The van der Waals surface area contributed by atoms with Crippen molar-refractivity contribution in [2.75, 3.05) is 5.73 Å². The summed E-state index contributed by atoms with van der Waals surface area (Å²) >= 11 is 0. The Kier molecular flexibility index (Phi) is 1.25. The van der Waals surface area contributed by atoms with E-state index < -0.39 is 0 Å². The van der Waals surface area contributed by atoms with E-state index in [9.17, 15) is 0 Å². The Bertz CT molecular complexity index is 463. The lowest BCUT2D eigenvalue weighted by molar-refractivity contribution is 1.18. The van der Waals surface area contributed by atoms with Crippen LogP contribution in [0, 0.1) is 11.3 Å². The van der Waals surface area contributed by atoms with Crippen molar-refractivity contribution in [1.29, 1.82) is 5.26 Å². The predicted octanol–water partition coefficient (Wildman–Crippen LogP) is 0.788. The summed E-state index contributed by atoms with van der Waals surface area (Å²) in [5.74, 6) is 0. The highest BCUT2D eigenvalue weighted by molar-refractivity contribution is 5.60. The van der Waals surface area contributed by atoms with Crippen LogP contribution in [-0.2, 0) is 0 Å². The lowest BCUT2D eigenvalue weighted by atomic mass is 10.3. The number of rotatable bonds is 0. The van der Waals surface area contributed by atoms with Gasteiger partial charge in [0.05, 0.1) is 5.56 Å². The van der Waals surface area contributed by atoms with Gasteiger partial charge in [0.25, 0.3) is 0 Å². The number of aromatic nitrogens is 2. The molecule has 58 valence electrons. The van der Waals surface area contributed by atoms with Crippen molar-refractivity contribution in [3.63, 3.8) is 0 Å². The van der Waals surface area contributed by atoms with Gasteiger partial charge < -0.3 is 10.1 Å². The van der Waals surface area contributed by atoms with Crippen molar-refractivity contribution in [3.8, 4) is 6.07 Å². The van der Waals surface area contributed by atoms with Gasteiger partial charge in [0.2, 0.25) is 0 Å². The number of fused-ring (bicyclic) bond motifs is 1. The van der Waals surface area contributed by atoms with Crippen LogP contribution < -0.4 is 5.73 Å². The molecule has 0 fully saturated rings. The molecule has 2 N–H and O–H groups in total. The van der Waals surface area contributed by atoms with E-state index in [1.54, 1.807) is 29.1 Å². The van der Waals surface area contributed by atoms with Crippen LogP contribution in [0.1, 0.15) is 5.56 Å². The zero-order chi connectivity index (χ0) is 8.55. The standard InChI is InChI=1S/C8H6N4/c9-4-6-3-7(10)5-12-2-1-11-8(6)12/h1-3,5H,10H2. The minimum atomic E-state index is 0.500. The summed E-state index contributed by atoms with van der Waals surface area (Å²) in [5, 5.41) is 8.72. The fourth-order valence-electron chi connectivity index (χ4n) is 1.14. The highest BCUT2D eigenvalue weighted by Gasteiger charge is 2.01. The number of anilines is 1. The molecule has 2 aromatic rings. The predicted molar refractivity (Wildman–Crippen MR) is 44.3 cm³/mol. The van der Waals surface area contributed by atoms with Crippen molar-refractivity contribution in [1.82, 2.24) is 9.38 Å². The molecule has 4 nitrogen and oxygen atoms in total. The maximum Gasteiger partial charge on any atom is 0.154 e. The number of nitriles is 1. The first-order valence-corrected chi connectivity index (χ1v) is 3.43. The van der Waals surface area contributed by atoms with E-state index in [2.05, 4.69) is 4.98 Å². The number of hydrogen-bond donors (Lipinski definition) is 1. The molecule has 2 rings (SSSR count). The minimum Gasteiger partial charge on any atom is -0.397 e. The van der Waals surface area contributed by atoms with Gasteiger partial charge in [-0.25, -0.2) is 4.98 Å². The molecule has 0 saturated carbocycles. The molecule has 0 amide bonds. The molecule has 2 aromatic heterocycles. The summed E-state index contributed by atoms with van der Waals surface area (Å²) in [5.41, 5.74) is 7.27. The highest BCUT2D eigenvalue weighted by atomic mass is 15.0. The summed E-state index contributed by atoms with van der Waals surface area (Å²) in [7, 11) is 0. The van der Waals surface area contributed by atoms with Crippen LogP contribution >= 0.6 is 0 Å². The molecule has 4 heteroatoms. The summed E-state index contributed by atoms with van der Waals surface area (Å²) in [4.78, 5) is 4.02. The first kappa shape index (κ1) is 6.68. The fraction of sp³-hybridized carbons (Fsp3) is 0. The smallest absolute Gasteiger partial charge is 0.154 e. The molecular weight excluding hydrogens is 152 g/mol. The second-order valence-electron chi connectivity index (χ2n) is 2.46. The van der Waals surface area contributed by atoms with E-state index in [0.29, 0.717) is 16.9 Å². The number of imidazole rings is 1. The van der Waals surface area contributed by atoms with Crippen molar-refractivity contribution in [2.45, 2.75) is 0 Å². The third kappa shape index (κ3) is 0.805. The molecule has 0 saturated heterocycles. The largest absolute Gasteiger partial charge is 0.397 e. The van der Waals surface area contributed by atoms with Gasteiger partial charge in [-0.2, -0.15) is 5.26 Å². The molecule has 0 aliphatic heterocycles. The Balaban J connectivity index is 2.91. The average Bonchev–Trinajstić information content (AvgIpc) is 2.50. The van der Waals surface area contributed by atoms with E-state index in [4.69, 9.17) is 11.0 Å². The van der Waals surface area contributed by atoms with Gasteiger partial charge in [-0.15, -0.1) is 0 Å². The molecule has 0 unspecified atom stereocenters. The van der Waals surface area contributed by atoms with Crippen LogP contribution in [0.3, 0.4) is 0 Å². The zero-order valence-corrected chi connectivity index (χ0v) is 6.23. The van der Waals surface area contributed by atoms with Crippen molar-refractivity contribution < 1.29 is 0 Å². The Hall–Kier alpha value is -2.02. The lowest BCUT2D eigenvalue weighted by Gasteiger charge is -1.97. The van der Waals surface area contributed by atoms with Crippen LogP contribution in [0.4, 0.5) is 5.69 Å². The summed E-state index contributed by atoms with van der Waals surface area (Å²) in [6.45, 7) is 0. The van der Waals surface area contributed by atoms with Crippen LogP contribution in [0.25, 0.3) is 5.65 Å². The van der Waals surface area contributed by atoms with Crippen molar-refractivity contribution in [3.05, 3.63) is 30.2 Å². The number of nitrogens with zero attached hydrogens (tertiary/aromatic N) is 3. The minimum absolute atomic E-state index is 0.500. The Morgan fingerprint density at radius 1 is 1.58 bits per heavy atom. The first-order valence-electron chi connectivity index (χ1n) is 3.43. The monoisotopic (exact) mass is 158 g/mol. The maximum atomic E-state index is 8.72. The second kappa shape index (κ2) is 2.24. The van der Waals surface area contributed by atoms with Crippen LogP contribution in [0.15, 0.2) is 24.7 Å². The number of nitrogen functional groups attached to an aromatic ring is 1. The number of nitrogens with two attached hydrogens (primary N) is 1. The lowest BCUT2D eigenvalue weighted by Crippen LogP contribution is -1.93. The van der Waals surface area contributed by atoms with E-state index in [-0.39, 0.29) is 0 Å². The van der Waals surface area contributed by atoms with Crippen LogP contribution in [0.2, 0.25) is 0 Å². The molecule has 0 atom stereocenters. The normalized spacial score (nSPS) is 9.92. The zero-order valence-electron chi connectivity index (χ0n) is 6.23. The number of hydrogen-bond acceptors (Lipinski definition) is 3. The molecule has 0 bridgehead atoms. The van der Waals surface area contributed by atoms with Gasteiger partial charge in [-0.05, 0) is 6.07 Å². The molecule has 0 aliphatic rings. The molecule has 2 heterocycles. The Morgan fingerprint density at radius 2 is 2.42 bits per heavy atom. The molecule has 0 aliphatic carbocycles. The molecule has 0 aromatic carbocycles. The van der Waals surface area contributed by atoms with Crippen LogP contribution in [-0.4, -0.2) is 9.38 Å². The van der Waals surface area contributed by atoms with E-state index >= 15 is 0 Å². The van der Waals surface area contributed by atoms with Crippen molar-refractivity contribution >= 4 is 11.3 Å². The van der Waals surface area contributed by atoms with E-state index in [0.717, 1.165) is 0 Å². The van der Waals surface area contributed by atoms with E-state index in [1.165, 1.54) is 0 Å². The summed E-state index contributed by atoms with van der Waals surface area (Å²) < 4.78 is 1.73. The summed E-state index contributed by atoms with van der Waals surface area (Å²) in [6, 6.07) is 3.65. The topological polar surface area (TPSA) is 67.1 Å². The summed E-state index contributed by atoms with van der Waals surface area (Å²) in [6.07, 6.45) is 5.12. The quantitative estimate of drug-likeness (QED) is 0.616. The molecule has 0 radical (unpaired) electrons. The van der Waals surface area contributed by atoms with Gasteiger partial charge in [-0.1, -0.05) is 0 Å². The van der Waals surface area contributed by atoms with Gasteiger partial charge in [0, 0.05) is 24.3 Å². The number of pyridine rings is 1. The van der Waals surface area contributed by atoms with Crippen LogP contribution in [0.5, 0.6) is 0 Å². The third-order valence-electron chi connectivity index (χ3n) is 1.63. The van der Waals surface area contributed by atoms with E-state index in [1.807, 2.05) is 6.07 Å². The molecular formula is C8H6N4. The highest BCUT2D eigenvalue weighted by Crippen LogP contribution is 2.11. The third-order valence-corrected chi connectivity index (χ3v) is 1.63. The molecule has 12 heavy (non-hydrogen) atoms. The SMILES string of the molecule is N#Cc1cc(N)cn2ccnc12. The Morgan fingerprint density at radius 3 is 3.17 bits per heavy atom. The van der Waals surface area contributed by atoms with Crippen molar-refractivity contribution in [2.24, 2.45) is 0 Å². The van der Waals surface area contributed by atoms with Gasteiger partial charge in [0.1, 0.15) is 6.07 Å². The van der Waals surface area contributed by atoms with Gasteiger partial charge in [0.15, 0.2) is 5.65 Å². The van der Waals surface area contributed by atoms with Gasteiger partial charge in [-0.3, -0.25) is 0 Å². The first-order chi connectivity index (χ1) is 5.81. The second-order valence-corrected chi connectivity index (χ2v) is 2.46. The van der Waals surface area contributed by atoms with Gasteiger partial charge >= 0.3 is 0 Å².